The fourth-order valence-electron chi connectivity index (χ4n) is 3.33. The molecule has 0 bridgehead atoms. The van der Waals surface area contributed by atoms with E-state index in [4.69, 9.17) is 14.2 Å². The van der Waals surface area contributed by atoms with Gasteiger partial charge < -0.3 is 14.2 Å². The number of fused-ring (bicyclic) bond motifs is 2. The van der Waals surface area contributed by atoms with E-state index in [0.29, 0.717) is 29.2 Å². The van der Waals surface area contributed by atoms with E-state index in [2.05, 4.69) is 20.4 Å². The number of rotatable bonds is 5. The highest BCUT2D eigenvalue weighted by Crippen LogP contribution is 2.38. The summed E-state index contributed by atoms with van der Waals surface area (Å²) in [6, 6.07) is 3.05. The average Bonchev–Trinajstić information content (AvgIpc) is 3.33. The zero-order valence-corrected chi connectivity index (χ0v) is 15.7. The standard InChI is InChI=1S/C18H19N5O5/c1-26-12-7-9(8-13(27-2)14(12)28-3)15(24)20-17-21-18-19-11-6-4-5-10(11)16(25)23(18)22-17/h7-8H,4-6H2,1-3H3,(H2,19,20,21,22,24). The second-order valence-corrected chi connectivity index (χ2v) is 6.27. The van der Waals surface area contributed by atoms with Gasteiger partial charge in [0.1, 0.15) is 0 Å². The summed E-state index contributed by atoms with van der Waals surface area (Å²) in [5, 5.41) is 5.42. The van der Waals surface area contributed by atoms with Crippen molar-refractivity contribution in [2.45, 2.75) is 19.3 Å². The van der Waals surface area contributed by atoms with E-state index in [1.807, 2.05) is 0 Å². The van der Waals surface area contributed by atoms with Gasteiger partial charge in [-0.3, -0.25) is 20.0 Å². The first kappa shape index (κ1) is 17.8. The Kier molecular flexibility index (Phi) is 4.38. The van der Waals surface area contributed by atoms with Crippen LogP contribution in [0.3, 0.4) is 0 Å². The van der Waals surface area contributed by atoms with Crippen molar-refractivity contribution in [3.05, 3.63) is 39.3 Å². The van der Waals surface area contributed by atoms with Gasteiger partial charge in [-0.25, -0.2) is 4.98 Å². The number of hydrogen-bond donors (Lipinski definition) is 2. The van der Waals surface area contributed by atoms with Crippen molar-refractivity contribution in [3.63, 3.8) is 0 Å². The molecule has 28 heavy (non-hydrogen) atoms. The fraction of sp³-hybridized carbons (Fsp3) is 0.333. The lowest BCUT2D eigenvalue weighted by molar-refractivity contribution is 0.102. The van der Waals surface area contributed by atoms with Crippen LogP contribution in [0.2, 0.25) is 0 Å². The molecule has 0 spiro atoms. The Bertz CT molecular complexity index is 1110. The Morgan fingerprint density at radius 2 is 1.82 bits per heavy atom. The highest BCUT2D eigenvalue weighted by molar-refractivity contribution is 6.04. The number of ether oxygens (including phenoxy) is 3. The van der Waals surface area contributed by atoms with Crippen LogP contribution < -0.4 is 25.1 Å². The Hall–Kier alpha value is -3.56. The van der Waals surface area contributed by atoms with E-state index in [1.165, 1.54) is 38.0 Å². The summed E-state index contributed by atoms with van der Waals surface area (Å²) in [4.78, 5) is 33.8. The van der Waals surface area contributed by atoms with Gasteiger partial charge in [0, 0.05) is 11.1 Å². The van der Waals surface area contributed by atoms with Crippen LogP contribution in [-0.4, -0.2) is 46.8 Å². The van der Waals surface area contributed by atoms with Crippen LogP contribution >= 0.6 is 0 Å². The number of carbonyl (C=O) groups is 1. The van der Waals surface area contributed by atoms with Gasteiger partial charge in [0.15, 0.2) is 11.5 Å². The van der Waals surface area contributed by atoms with E-state index >= 15 is 0 Å². The van der Waals surface area contributed by atoms with Crippen molar-refractivity contribution >= 4 is 17.6 Å². The summed E-state index contributed by atoms with van der Waals surface area (Å²) in [6.07, 6.45) is 2.38. The molecule has 0 saturated heterocycles. The molecule has 3 aromatic rings. The van der Waals surface area contributed by atoms with Crippen molar-refractivity contribution in [2.24, 2.45) is 0 Å². The van der Waals surface area contributed by atoms with Gasteiger partial charge in [-0.2, -0.15) is 9.50 Å². The van der Waals surface area contributed by atoms with Gasteiger partial charge in [-0.05, 0) is 31.4 Å². The first-order valence-corrected chi connectivity index (χ1v) is 8.67. The minimum Gasteiger partial charge on any atom is -0.493 e. The number of benzene rings is 1. The first-order valence-electron chi connectivity index (χ1n) is 8.67. The molecule has 2 N–H and O–H groups in total. The summed E-state index contributed by atoms with van der Waals surface area (Å²) in [6.45, 7) is 0. The third-order valence-corrected chi connectivity index (χ3v) is 4.67. The molecule has 1 aromatic carbocycles. The molecule has 0 unspecified atom stereocenters. The van der Waals surface area contributed by atoms with Crippen LogP contribution in [0.25, 0.3) is 5.78 Å². The SMILES string of the molecule is COc1cc(C(=O)Nc2nc3nc4c(c(=O)n3[nH]2)CCC4)cc(OC)c1OC. The topological polar surface area (TPSA) is 120 Å². The van der Waals surface area contributed by atoms with Gasteiger partial charge in [-0.15, -0.1) is 0 Å². The number of aryl methyl sites for hydroxylation is 1. The number of hydrogen-bond acceptors (Lipinski definition) is 7. The molecule has 4 rings (SSSR count). The van der Waals surface area contributed by atoms with Crippen molar-refractivity contribution < 1.29 is 19.0 Å². The Labute approximate surface area is 159 Å². The second-order valence-electron chi connectivity index (χ2n) is 6.27. The molecule has 0 radical (unpaired) electrons. The summed E-state index contributed by atoms with van der Waals surface area (Å²) in [5.41, 5.74) is 1.57. The number of aromatic amines is 1. The normalized spacial score (nSPS) is 12.7. The minimum absolute atomic E-state index is 0.118. The summed E-state index contributed by atoms with van der Waals surface area (Å²) in [7, 11) is 4.42. The van der Waals surface area contributed by atoms with E-state index in [9.17, 15) is 9.59 Å². The third-order valence-electron chi connectivity index (χ3n) is 4.67. The lowest BCUT2D eigenvalue weighted by atomic mass is 10.1. The fourth-order valence-corrected chi connectivity index (χ4v) is 3.33. The zero-order valence-electron chi connectivity index (χ0n) is 15.7. The molecule has 0 atom stereocenters. The van der Waals surface area contributed by atoms with Gasteiger partial charge in [0.2, 0.25) is 11.7 Å². The monoisotopic (exact) mass is 385 g/mol. The quantitative estimate of drug-likeness (QED) is 0.677. The molecule has 1 amide bonds. The maximum absolute atomic E-state index is 12.7. The van der Waals surface area contributed by atoms with Crippen LogP contribution in [0, 0.1) is 0 Å². The molecule has 146 valence electrons. The number of nitrogens with one attached hydrogen (secondary N) is 2. The zero-order chi connectivity index (χ0) is 19.8. The van der Waals surface area contributed by atoms with Crippen LogP contribution in [0.15, 0.2) is 16.9 Å². The Morgan fingerprint density at radius 3 is 2.46 bits per heavy atom. The number of anilines is 1. The molecule has 0 aliphatic heterocycles. The van der Waals surface area contributed by atoms with E-state index < -0.39 is 5.91 Å². The number of aromatic nitrogens is 4. The molecule has 10 heteroatoms. The second kappa shape index (κ2) is 6.87. The highest BCUT2D eigenvalue weighted by atomic mass is 16.5. The Balaban J connectivity index is 1.67. The maximum atomic E-state index is 12.7. The molecule has 1 aliphatic carbocycles. The molecule has 2 heterocycles. The average molecular weight is 385 g/mol. The molecule has 2 aromatic heterocycles. The van der Waals surface area contributed by atoms with Gasteiger partial charge >= 0.3 is 0 Å². The van der Waals surface area contributed by atoms with E-state index in [-0.39, 0.29) is 22.8 Å². The predicted molar refractivity (Wildman–Crippen MR) is 99.7 cm³/mol. The molecule has 10 nitrogen and oxygen atoms in total. The largest absolute Gasteiger partial charge is 0.493 e. The van der Waals surface area contributed by atoms with Gasteiger partial charge in [-0.1, -0.05) is 0 Å². The molecule has 1 aliphatic rings. The number of methoxy groups -OCH3 is 3. The van der Waals surface area contributed by atoms with Crippen LogP contribution in [0.4, 0.5) is 5.95 Å². The van der Waals surface area contributed by atoms with E-state index in [0.717, 1.165) is 18.5 Å². The van der Waals surface area contributed by atoms with Crippen LogP contribution in [0.5, 0.6) is 17.2 Å². The number of nitrogens with zero attached hydrogens (tertiary/aromatic N) is 3. The first-order chi connectivity index (χ1) is 13.5. The Morgan fingerprint density at radius 1 is 1.11 bits per heavy atom. The van der Waals surface area contributed by atoms with Gasteiger partial charge in [0.25, 0.3) is 17.2 Å². The van der Waals surface area contributed by atoms with Crippen LogP contribution in [0.1, 0.15) is 28.0 Å². The van der Waals surface area contributed by atoms with Crippen molar-refractivity contribution in [1.29, 1.82) is 0 Å². The van der Waals surface area contributed by atoms with Crippen molar-refractivity contribution in [2.75, 3.05) is 26.6 Å². The summed E-state index contributed by atoms with van der Waals surface area (Å²) >= 11 is 0. The molecule has 0 fully saturated rings. The summed E-state index contributed by atoms with van der Waals surface area (Å²) in [5.74, 6) is 0.976. The van der Waals surface area contributed by atoms with Crippen molar-refractivity contribution in [1.82, 2.24) is 19.6 Å². The number of H-pyrrole nitrogens is 1. The molecule has 0 saturated carbocycles. The highest BCUT2D eigenvalue weighted by Gasteiger charge is 2.21. The lowest BCUT2D eigenvalue weighted by Crippen LogP contribution is -2.20. The maximum Gasteiger partial charge on any atom is 0.277 e. The minimum atomic E-state index is -0.459. The molecular formula is C18H19N5O5. The smallest absolute Gasteiger partial charge is 0.277 e. The van der Waals surface area contributed by atoms with Crippen LogP contribution in [-0.2, 0) is 12.8 Å². The van der Waals surface area contributed by atoms with Crippen molar-refractivity contribution in [3.8, 4) is 17.2 Å². The number of amides is 1. The summed E-state index contributed by atoms with van der Waals surface area (Å²) < 4.78 is 17.0. The molecular weight excluding hydrogens is 366 g/mol. The van der Waals surface area contributed by atoms with Gasteiger partial charge in [0.05, 0.1) is 27.0 Å². The third kappa shape index (κ3) is 2.82. The van der Waals surface area contributed by atoms with E-state index in [1.54, 1.807) is 0 Å². The number of carbonyl (C=O) groups excluding carboxylic acids is 1. The lowest BCUT2D eigenvalue weighted by Gasteiger charge is -2.13. The predicted octanol–water partition coefficient (Wildman–Crippen LogP) is 1.18.